The molecule has 0 atom stereocenters. The highest BCUT2D eigenvalue weighted by Crippen LogP contribution is 2.20. The lowest BCUT2D eigenvalue weighted by Gasteiger charge is -2.20. The second kappa shape index (κ2) is 7.42. The van der Waals surface area contributed by atoms with Gasteiger partial charge in [-0.3, -0.25) is 4.79 Å². The molecule has 0 N–H and O–H groups in total. The highest BCUT2D eigenvalue weighted by atomic mass is 16.4. The van der Waals surface area contributed by atoms with Crippen LogP contribution in [0.4, 0.5) is 0 Å². The van der Waals surface area contributed by atoms with Crippen LogP contribution < -0.4 is 0 Å². The second-order valence-corrected chi connectivity index (χ2v) is 6.02. The third-order valence-electron chi connectivity index (χ3n) is 4.24. The molecular formula is C18H23N3O2. The van der Waals surface area contributed by atoms with Crippen molar-refractivity contribution in [2.45, 2.75) is 19.3 Å². The topological polar surface area (TPSA) is 49.6 Å². The maximum atomic E-state index is 12.3. The van der Waals surface area contributed by atoms with Crippen LogP contribution in [0.5, 0.6) is 0 Å². The molecule has 122 valence electrons. The molecule has 3 rings (SSSR count). The number of carbonyl (C=O) groups excluding carboxylic acids is 1. The Morgan fingerprint density at radius 1 is 1.17 bits per heavy atom. The zero-order chi connectivity index (χ0) is 16.1. The predicted octanol–water partition coefficient (Wildman–Crippen LogP) is 2.44. The Kier molecular flexibility index (Phi) is 5.08. The molecular weight excluding hydrogens is 290 g/mol. The van der Waals surface area contributed by atoms with Crippen molar-refractivity contribution in [1.29, 1.82) is 0 Å². The van der Waals surface area contributed by atoms with Gasteiger partial charge in [-0.25, -0.2) is 4.98 Å². The van der Waals surface area contributed by atoms with Gasteiger partial charge < -0.3 is 14.2 Å². The SMILES string of the molecule is CN1CCCN(C(=O)CCc2ncc(-c3ccccc3)o2)CC1. The van der Waals surface area contributed by atoms with Gasteiger partial charge in [0.15, 0.2) is 11.7 Å². The molecule has 0 bridgehead atoms. The summed E-state index contributed by atoms with van der Waals surface area (Å²) in [6.07, 6.45) is 3.78. The van der Waals surface area contributed by atoms with Crippen molar-refractivity contribution < 1.29 is 9.21 Å². The van der Waals surface area contributed by atoms with E-state index in [1.165, 1.54) is 0 Å². The Hall–Kier alpha value is -2.14. The Balaban J connectivity index is 1.54. The summed E-state index contributed by atoms with van der Waals surface area (Å²) in [5.41, 5.74) is 1.01. The zero-order valence-corrected chi connectivity index (χ0v) is 13.6. The molecule has 1 aromatic carbocycles. The molecule has 0 saturated carbocycles. The van der Waals surface area contributed by atoms with Crippen LogP contribution in [0.3, 0.4) is 0 Å². The highest BCUT2D eigenvalue weighted by Gasteiger charge is 2.18. The number of amides is 1. The van der Waals surface area contributed by atoms with Crippen LogP contribution in [0.1, 0.15) is 18.7 Å². The summed E-state index contributed by atoms with van der Waals surface area (Å²) in [7, 11) is 2.10. The van der Waals surface area contributed by atoms with Gasteiger partial charge in [-0.2, -0.15) is 0 Å². The van der Waals surface area contributed by atoms with E-state index in [1.807, 2.05) is 35.2 Å². The number of carbonyl (C=O) groups is 1. The summed E-state index contributed by atoms with van der Waals surface area (Å²) in [5, 5.41) is 0. The van der Waals surface area contributed by atoms with Crippen LogP contribution in [-0.2, 0) is 11.2 Å². The number of oxazole rings is 1. The Bertz CT molecular complexity index is 639. The van der Waals surface area contributed by atoms with E-state index in [1.54, 1.807) is 6.20 Å². The van der Waals surface area contributed by atoms with E-state index in [4.69, 9.17) is 4.42 Å². The van der Waals surface area contributed by atoms with Gasteiger partial charge in [0.05, 0.1) is 6.20 Å². The van der Waals surface area contributed by atoms with E-state index in [9.17, 15) is 4.79 Å². The van der Waals surface area contributed by atoms with Gasteiger partial charge in [0.1, 0.15) is 0 Å². The molecule has 23 heavy (non-hydrogen) atoms. The molecule has 5 heteroatoms. The normalized spacial score (nSPS) is 16.3. The van der Waals surface area contributed by atoms with E-state index in [0.717, 1.165) is 43.9 Å². The fourth-order valence-electron chi connectivity index (χ4n) is 2.83. The average molecular weight is 313 g/mol. The van der Waals surface area contributed by atoms with Crippen LogP contribution >= 0.6 is 0 Å². The van der Waals surface area contributed by atoms with E-state index in [2.05, 4.69) is 16.9 Å². The van der Waals surface area contributed by atoms with E-state index < -0.39 is 0 Å². The molecule has 0 radical (unpaired) electrons. The number of benzene rings is 1. The molecule has 1 aliphatic rings. The van der Waals surface area contributed by atoms with E-state index in [-0.39, 0.29) is 5.91 Å². The lowest BCUT2D eigenvalue weighted by molar-refractivity contribution is -0.131. The molecule has 1 saturated heterocycles. The molecule has 2 heterocycles. The van der Waals surface area contributed by atoms with Gasteiger partial charge in [-0.15, -0.1) is 0 Å². The Morgan fingerprint density at radius 3 is 2.83 bits per heavy atom. The summed E-state index contributed by atoms with van der Waals surface area (Å²) >= 11 is 0. The van der Waals surface area contributed by atoms with Crippen LogP contribution in [-0.4, -0.2) is 53.9 Å². The standard InChI is InChI=1S/C18H23N3O2/c1-20-10-5-11-21(13-12-20)18(22)9-8-17-19-14-16(23-17)15-6-3-2-4-7-15/h2-4,6-7,14H,5,8-13H2,1H3. The van der Waals surface area contributed by atoms with Gasteiger partial charge in [-0.05, 0) is 20.0 Å². The first-order valence-electron chi connectivity index (χ1n) is 8.19. The van der Waals surface area contributed by atoms with Gasteiger partial charge in [-0.1, -0.05) is 30.3 Å². The van der Waals surface area contributed by atoms with E-state index >= 15 is 0 Å². The number of hydrogen-bond donors (Lipinski definition) is 0. The van der Waals surface area contributed by atoms with Crippen molar-refractivity contribution in [2.75, 3.05) is 33.2 Å². The molecule has 1 aliphatic heterocycles. The monoisotopic (exact) mass is 313 g/mol. The summed E-state index contributed by atoms with van der Waals surface area (Å²) < 4.78 is 5.76. The first kappa shape index (κ1) is 15.7. The van der Waals surface area contributed by atoms with Crippen molar-refractivity contribution in [2.24, 2.45) is 0 Å². The first-order valence-corrected chi connectivity index (χ1v) is 8.19. The van der Waals surface area contributed by atoms with Crippen LogP contribution in [0.25, 0.3) is 11.3 Å². The minimum absolute atomic E-state index is 0.194. The van der Waals surface area contributed by atoms with Gasteiger partial charge in [0, 0.05) is 38.0 Å². The minimum Gasteiger partial charge on any atom is -0.441 e. The fraction of sp³-hybridized carbons (Fsp3) is 0.444. The molecule has 1 aromatic heterocycles. The highest BCUT2D eigenvalue weighted by molar-refractivity contribution is 5.76. The van der Waals surface area contributed by atoms with Crippen LogP contribution in [0.2, 0.25) is 0 Å². The Morgan fingerprint density at radius 2 is 2.00 bits per heavy atom. The maximum absolute atomic E-state index is 12.3. The average Bonchev–Trinajstić information content (AvgIpc) is 2.95. The third-order valence-corrected chi connectivity index (χ3v) is 4.24. The third kappa shape index (κ3) is 4.20. The molecule has 1 amide bonds. The lowest BCUT2D eigenvalue weighted by atomic mass is 10.2. The quantitative estimate of drug-likeness (QED) is 0.870. The van der Waals surface area contributed by atoms with Crippen molar-refractivity contribution in [3.05, 3.63) is 42.4 Å². The second-order valence-electron chi connectivity index (χ2n) is 6.02. The largest absolute Gasteiger partial charge is 0.441 e. The maximum Gasteiger partial charge on any atom is 0.223 e. The fourth-order valence-corrected chi connectivity index (χ4v) is 2.83. The minimum atomic E-state index is 0.194. The Labute approximate surface area is 136 Å². The summed E-state index contributed by atoms with van der Waals surface area (Å²) in [5.74, 6) is 1.58. The number of nitrogens with zero attached hydrogens (tertiary/aromatic N) is 3. The summed E-state index contributed by atoms with van der Waals surface area (Å²) in [4.78, 5) is 20.9. The van der Waals surface area contributed by atoms with Crippen molar-refractivity contribution in [3.63, 3.8) is 0 Å². The summed E-state index contributed by atoms with van der Waals surface area (Å²) in [6, 6.07) is 9.89. The number of aromatic nitrogens is 1. The van der Waals surface area contributed by atoms with Gasteiger partial charge in [0.25, 0.3) is 0 Å². The number of aryl methyl sites for hydroxylation is 1. The first-order chi connectivity index (χ1) is 11.2. The van der Waals surface area contributed by atoms with Crippen LogP contribution in [0, 0.1) is 0 Å². The molecule has 0 aliphatic carbocycles. The van der Waals surface area contributed by atoms with Gasteiger partial charge >= 0.3 is 0 Å². The zero-order valence-electron chi connectivity index (χ0n) is 13.6. The molecule has 2 aromatic rings. The predicted molar refractivity (Wildman–Crippen MR) is 89.0 cm³/mol. The lowest BCUT2D eigenvalue weighted by Crippen LogP contribution is -2.34. The van der Waals surface area contributed by atoms with Crippen molar-refractivity contribution in [3.8, 4) is 11.3 Å². The van der Waals surface area contributed by atoms with Gasteiger partial charge in [0.2, 0.25) is 5.91 Å². The summed E-state index contributed by atoms with van der Waals surface area (Å²) in [6.45, 7) is 3.67. The molecule has 5 nitrogen and oxygen atoms in total. The van der Waals surface area contributed by atoms with Crippen LogP contribution in [0.15, 0.2) is 40.9 Å². The number of likely N-dealkylation sites (N-methyl/N-ethyl adjacent to an activating group) is 1. The van der Waals surface area contributed by atoms with Crippen molar-refractivity contribution in [1.82, 2.24) is 14.8 Å². The smallest absolute Gasteiger partial charge is 0.223 e. The number of rotatable bonds is 4. The molecule has 0 unspecified atom stereocenters. The molecule has 0 spiro atoms. The molecule has 1 fully saturated rings. The van der Waals surface area contributed by atoms with Crippen molar-refractivity contribution >= 4 is 5.91 Å². The van der Waals surface area contributed by atoms with E-state index in [0.29, 0.717) is 18.7 Å². The number of hydrogen-bond acceptors (Lipinski definition) is 4.